The third-order valence-electron chi connectivity index (χ3n) is 3.05. The highest BCUT2D eigenvalue weighted by molar-refractivity contribution is 6.05. The average Bonchev–Trinajstić information content (AvgIpc) is 2.41. The molecule has 0 heterocycles. The summed E-state index contributed by atoms with van der Waals surface area (Å²) in [7, 11) is 0. The molecule has 0 spiro atoms. The first-order chi connectivity index (χ1) is 9.99. The van der Waals surface area contributed by atoms with Gasteiger partial charge in [-0.3, -0.25) is 4.79 Å². The van der Waals surface area contributed by atoms with Crippen LogP contribution in [0.4, 0.5) is 11.4 Å². The summed E-state index contributed by atoms with van der Waals surface area (Å²) in [6, 6.07) is 11.0. The summed E-state index contributed by atoms with van der Waals surface area (Å²) >= 11 is 0. The van der Waals surface area contributed by atoms with Crippen LogP contribution >= 0.6 is 0 Å². The van der Waals surface area contributed by atoms with Gasteiger partial charge in [0.15, 0.2) is 0 Å². The molecular formula is C17H20N2O2. The highest BCUT2D eigenvalue weighted by Gasteiger charge is 2.11. The molecule has 2 aromatic rings. The minimum absolute atomic E-state index is 0.199. The lowest BCUT2D eigenvalue weighted by atomic mass is 10.1. The molecule has 0 bridgehead atoms. The van der Waals surface area contributed by atoms with E-state index in [-0.39, 0.29) is 5.91 Å². The Bertz CT molecular complexity index is 646. The van der Waals surface area contributed by atoms with Crippen molar-refractivity contribution in [3.05, 3.63) is 53.1 Å². The second-order valence-electron chi connectivity index (χ2n) is 5.02. The molecular weight excluding hydrogens is 264 g/mol. The SMILES string of the molecule is CCOc1cc(C)ccc1NC(=O)c1cc(C)cc(N)c1. The maximum Gasteiger partial charge on any atom is 0.255 e. The van der Waals surface area contributed by atoms with E-state index in [1.807, 2.05) is 45.0 Å². The van der Waals surface area contributed by atoms with Gasteiger partial charge in [0.05, 0.1) is 12.3 Å². The Morgan fingerprint density at radius 3 is 2.57 bits per heavy atom. The van der Waals surface area contributed by atoms with Crippen LogP contribution in [0.15, 0.2) is 36.4 Å². The molecule has 0 saturated heterocycles. The first-order valence-electron chi connectivity index (χ1n) is 6.91. The predicted molar refractivity (Wildman–Crippen MR) is 85.9 cm³/mol. The van der Waals surface area contributed by atoms with Crippen LogP contribution in [-0.2, 0) is 0 Å². The van der Waals surface area contributed by atoms with E-state index < -0.39 is 0 Å². The molecule has 3 N–H and O–H groups in total. The van der Waals surface area contributed by atoms with Crippen molar-refractivity contribution in [2.75, 3.05) is 17.7 Å². The fourth-order valence-electron chi connectivity index (χ4n) is 2.15. The molecule has 0 aliphatic heterocycles. The van der Waals surface area contributed by atoms with Crippen molar-refractivity contribution < 1.29 is 9.53 Å². The van der Waals surface area contributed by atoms with Crippen LogP contribution in [-0.4, -0.2) is 12.5 Å². The van der Waals surface area contributed by atoms with Crippen LogP contribution in [0.3, 0.4) is 0 Å². The van der Waals surface area contributed by atoms with Crippen LogP contribution in [0, 0.1) is 13.8 Å². The van der Waals surface area contributed by atoms with Gasteiger partial charge in [0.25, 0.3) is 5.91 Å². The lowest BCUT2D eigenvalue weighted by Crippen LogP contribution is -2.13. The fourth-order valence-corrected chi connectivity index (χ4v) is 2.15. The number of carbonyl (C=O) groups excluding carboxylic acids is 1. The van der Waals surface area contributed by atoms with Crippen molar-refractivity contribution in [3.8, 4) is 5.75 Å². The lowest BCUT2D eigenvalue weighted by molar-refractivity contribution is 0.102. The monoisotopic (exact) mass is 284 g/mol. The second kappa shape index (κ2) is 6.31. The van der Waals surface area contributed by atoms with E-state index in [1.54, 1.807) is 12.1 Å². The minimum atomic E-state index is -0.199. The largest absolute Gasteiger partial charge is 0.492 e. The van der Waals surface area contributed by atoms with Crippen LogP contribution < -0.4 is 15.8 Å². The number of benzene rings is 2. The first-order valence-corrected chi connectivity index (χ1v) is 6.91. The summed E-state index contributed by atoms with van der Waals surface area (Å²) in [5, 5.41) is 2.87. The number of aryl methyl sites for hydroxylation is 2. The maximum atomic E-state index is 12.3. The average molecular weight is 284 g/mol. The second-order valence-corrected chi connectivity index (χ2v) is 5.02. The number of hydrogen-bond donors (Lipinski definition) is 2. The van der Waals surface area contributed by atoms with E-state index in [2.05, 4.69) is 5.32 Å². The van der Waals surface area contributed by atoms with Crippen molar-refractivity contribution in [3.63, 3.8) is 0 Å². The molecule has 2 aromatic carbocycles. The molecule has 0 fully saturated rings. The van der Waals surface area contributed by atoms with Gasteiger partial charge in [-0.2, -0.15) is 0 Å². The molecule has 0 unspecified atom stereocenters. The third-order valence-corrected chi connectivity index (χ3v) is 3.05. The number of anilines is 2. The van der Waals surface area contributed by atoms with Gasteiger partial charge in [-0.05, 0) is 62.2 Å². The summed E-state index contributed by atoms with van der Waals surface area (Å²) < 4.78 is 5.56. The minimum Gasteiger partial charge on any atom is -0.492 e. The number of amides is 1. The highest BCUT2D eigenvalue weighted by atomic mass is 16.5. The topological polar surface area (TPSA) is 64.3 Å². The molecule has 110 valence electrons. The third kappa shape index (κ3) is 3.75. The number of carbonyl (C=O) groups is 1. The van der Waals surface area contributed by atoms with Gasteiger partial charge in [0.1, 0.15) is 5.75 Å². The molecule has 4 nitrogen and oxygen atoms in total. The molecule has 0 aliphatic carbocycles. The molecule has 4 heteroatoms. The summed E-state index contributed by atoms with van der Waals surface area (Å²) in [4.78, 5) is 12.3. The van der Waals surface area contributed by atoms with E-state index in [0.717, 1.165) is 11.1 Å². The number of nitrogens with one attached hydrogen (secondary N) is 1. The van der Waals surface area contributed by atoms with E-state index in [1.165, 1.54) is 0 Å². The van der Waals surface area contributed by atoms with Crippen molar-refractivity contribution in [1.82, 2.24) is 0 Å². The molecule has 0 saturated carbocycles. The number of rotatable bonds is 4. The Balaban J connectivity index is 2.26. The molecule has 21 heavy (non-hydrogen) atoms. The summed E-state index contributed by atoms with van der Waals surface area (Å²) in [5.74, 6) is 0.474. The van der Waals surface area contributed by atoms with Crippen LogP contribution in [0.2, 0.25) is 0 Å². The summed E-state index contributed by atoms with van der Waals surface area (Å²) in [5.41, 5.74) is 9.59. The number of nitrogens with two attached hydrogens (primary N) is 1. The van der Waals surface area contributed by atoms with Gasteiger partial charge < -0.3 is 15.8 Å². The van der Waals surface area contributed by atoms with E-state index >= 15 is 0 Å². The molecule has 0 aromatic heterocycles. The van der Waals surface area contributed by atoms with Gasteiger partial charge in [-0.15, -0.1) is 0 Å². The van der Waals surface area contributed by atoms with Gasteiger partial charge in [-0.1, -0.05) is 6.07 Å². The molecule has 0 atom stereocenters. The van der Waals surface area contributed by atoms with E-state index in [0.29, 0.717) is 29.3 Å². The van der Waals surface area contributed by atoms with Crippen LogP contribution in [0.5, 0.6) is 5.75 Å². The number of hydrogen-bond acceptors (Lipinski definition) is 3. The van der Waals surface area contributed by atoms with Crippen molar-refractivity contribution >= 4 is 17.3 Å². The summed E-state index contributed by atoms with van der Waals surface area (Å²) in [6.45, 7) is 6.35. The van der Waals surface area contributed by atoms with Crippen LogP contribution in [0.1, 0.15) is 28.4 Å². The zero-order valence-corrected chi connectivity index (χ0v) is 12.6. The zero-order valence-electron chi connectivity index (χ0n) is 12.6. The highest BCUT2D eigenvalue weighted by Crippen LogP contribution is 2.26. The lowest BCUT2D eigenvalue weighted by Gasteiger charge is -2.13. The van der Waals surface area contributed by atoms with Gasteiger partial charge >= 0.3 is 0 Å². The van der Waals surface area contributed by atoms with Gasteiger partial charge in [0.2, 0.25) is 0 Å². The first kappa shape index (κ1) is 14.9. The van der Waals surface area contributed by atoms with Crippen molar-refractivity contribution in [2.45, 2.75) is 20.8 Å². The van der Waals surface area contributed by atoms with Gasteiger partial charge in [0, 0.05) is 11.3 Å². The smallest absolute Gasteiger partial charge is 0.255 e. The zero-order chi connectivity index (χ0) is 15.4. The van der Waals surface area contributed by atoms with E-state index in [9.17, 15) is 4.79 Å². The van der Waals surface area contributed by atoms with Gasteiger partial charge in [-0.25, -0.2) is 0 Å². The summed E-state index contributed by atoms with van der Waals surface area (Å²) in [6.07, 6.45) is 0. The quantitative estimate of drug-likeness (QED) is 0.844. The van der Waals surface area contributed by atoms with Crippen LogP contribution in [0.25, 0.3) is 0 Å². The Hall–Kier alpha value is -2.49. The standard InChI is InChI=1S/C17H20N2O2/c1-4-21-16-9-11(2)5-6-15(16)19-17(20)13-7-12(3)8-14(18)10-13/h5-10H,4,18H2,1-3H3,(H,19,20). The Morgan fingerprint density at radius 1 is 1.14 bits per heavy atom. The van der Waals surface area contributed by atoms with Crippen molar-refractivity contribution in [2.24, 2.45) is 0 Å². The Labute approximate surface area is 124 Å². The molecule has 1 amide bonds. The normalized spacial score (nSPS) is 10.2. The number of ether oxygens (including phenoxy) is 1. The molecule has 0 aliphatic rings. The van der Waals surface area contributed by atoms with E-state index in [4.69, 9.17) is 10.5 Å². The number of nitrogen functional groups attached to an aromatic ring is 1. The maximum absolute atomic E-state index is 12.3. The molecule has 0 radical (unpaired) electrons. The molecule has 2 rings (SSSR count). The Kier molecular flexibility index (Phi) is 4.48. The van der Waals surface area contributed by atoms with Crippen molar-refractivity contribution in [1.29, 1.82) is 0 Å². The Morgan fingerprint density at radius 2 is 1.90 bits per heavy atom. The predicted octanol–water partition coefficient (Wildman–Crippen LogP) is 3.54. The fraction of sp³-hybridized carbons (Fsp3) is 0.235.